The van der Waals surface area contributed by atoms with E-state index in [1.165, 1.54) is 18.5 Å². The van der Waals surface area contributed by atoms with Crippen LogP contribution in [-0.2, 0) is 6.54 Å². The van der Waals surface area contributed by atoms with Gasteiger partial charge < -0.3 is 15.4 Å². The highest BCUT2D eigenvalue weighted by Crippen LogP contribution is 2.17. The quantitative estimate of drug-likeness (QED) is 0.703. The molecule has 2 heterocycles. The van der Waals surface area contributed by atoms with E-state index in [0.717, 1.165) is 5.56 Å². The van der Waals surface area contributed by atoms with E-state index in [1.54, 1.807) is 43.8 Å². The molecule has 2 N–H and O–H groups in total. The van der Waals surface area contributed by atoms with Crippen molar-refractivity contribution in [3.63, 3.8) is 0 Å². The Hall–Kier alpha value is -3.74. The van der Waals surface area contributed by atoms with Crippen LogP contribution in [0.3, 0.4) is 0 Å². The van der Waals surface area contributed by atoms with Gasteiger partial charge >= 0.3 is 0 Å². The Balaban J connectivity index is 1.66. The van der Waals surface area contributed by atoms with E-state index < -0.39 is 0 Å². The van der Waals surface area contributed by atoms with Crippen molar-refractivity contribution < 1.29 is 14.3 Å². The van der Waals surface area contributed by atoms with E-state index >= 15 is 0 Å². The number of carbonyl (C=O) groups excluding carboxylic acids is 2. The molecular weight excluding hydrogens is 344 g/mol. The zero-order valence-electron chi connectivity index (χ0n) is 14.7. The highest BCUT2D eigenvalue weighted by molar-refractivity contribution is 6.05. The molecule has 27 heavy (non-hydrogen) atoms. The van der Waals surface area contributed by atoms with Gasteiger partial charge in [0.15, 0.2) is 0 Å². The second kappa shape index (κ2) is 8.57. The lowest BCUT2D eigenvalue weighted by atomic mass is 10.1. The van der Waals surface area contributed by atoms with Crippen molar-refractivity contribution in [3.05, 3.63) is 83.9 Å². The SMILES string of the molecule is COc1cccc(NC(=O)c2cncc(C(=O)NCc3ccncc3)c2)c1. The largest absolute Gasteiger partial charge is 0.497 e. The van der Waals surface area contributed by atoms with Crippen LogP contribution in [-0.4, -0.2) is 28.9 Å². The van der Waals surface area contributed by atoms with Gasteiger partial charge in [0.1, 0.15) is 5.75 Å². The van der Waals surface area contributed by atoms with Crippen LogP contribution in [0.15, 0.2) is 67.3 Å². The smallest absolute Gasteiger partial charge is 0.257 e. The average molecular weight is 362 g/mol. The monoisotopic (exact) mass is 362 g/mol. The van der Waals surface area contributed by atoms with Gasteiger partial charge in [-0.1, -0.05) is 6.07 Å². The number of pyridine rings is 2. The molecule has 2 amide bonds. The summed E-state index contributed by atoms with van der Waals surface area (Å²) in [6.07, 6.45) is 6.15. The minimum atomic E-state index is -0.362. The van der Waals surface area contributed by atoms with Crippen molar-refractivity contribution in [2.45, 2.75) is 6.54 Å². The summed E-state index contributed by atoms with van der Waals surface area (Å²) in [5.74, 6) is -0.0370. The van der Waals surface area contributed by atoms with E-state index in [9.17, 15) is 9.59 Å². The Morgan fingerprint density at radius 3 is 2.44 bits per heavy atom. The molecule has 0 saturated heterocycles. The first-order valence-electron chi connectivity index (χ1n) is 8.23. The van der Waals surface area contributed by atoms with Gasteiger partial charge in [-0.05, 0) is 35.9 Å². The number of aromatic nitrogens is 2. The maximum absolute atomic E-state index is 12.4. The first kappa shape index (κ1) is 18.1. The highest BCUT2D eigenvalue weighted by atomic mass is 16.5. The predicted octanol–water partition coefficient (Wildman–Crippen LogP) is 2.67. The molecular formula is C20H18N4O3. The second-order valence-electron chi connectivity index (χ2n) is 5.69. The molecule has 136 valence electrons. The average Bonchev–Trinajstić information content (AvgIpc) is 2.73. The third kappa shape index (κ3) is 4.88. The van der Waals surface area contributed by atoms with Crippen molar-refractivity contribution in [1.82, 2.24) is 15.3 Å². The number of amides is 2. The Labute approximate surface area is 156 Å². The van der Waals surface area contributed by atoms with Crippen LogP contribution < -0.4 is 15.4 Å². The van der Waals surface area contributed by atoms with Gasteiger partial charge in [-0.25, -0.2) is 0 Å². The minimum absolute atomic E-state index is 0.286. The third-order valence-electron chi connectivity index (χ3n) is 3.79. The fourth-order valence-electron chi connectivity index (χ4n) is 2.38. The number of benzene rings is 1. The molecule has 0 radical (unpaired) electrons. The first-order chi connectivity index (χ1) is 13.2. The number of nitrogens with zero attached hydrogens (tertiary/aromatic N) is 2. The molecule has 0 atom stereocenters. The lowest BCUT2D eigenvalue weighted by Crippen LogP contribution is -2.23. The highest BCUT2D eigenvalue weighted by Gasteiger charge is 2.12. The number of ether oxygens (including phenoxy) is 1. The summed E-state index contributed by atoms with van der Waals surface area (Å²) in [6, 6.07) is 12.1. The van der Waals surface area contributed by atoms with Crippen LogP contribution in [0.4, 0.5) is 5.69 Å². The minimum Gasteiger partial charge on any atom is -0.497 e. The fraction of sp³-hybridized carbons (Fsp3) is 0.100. The van der Waals surface area contributed by atoms with Crippen LogP contribution in [0.2, 0.25) is 0 Å². The summed E-state index contributed by atoms with van der Waals surface area (Å²) in [5.41, 5.74) is 2.11. The van der Waals surface area contributed by atoms with Crippen LogP contribution >= 0.6 is 0 Å². The maximum atomic E-state index is 12.4. The second-order valence-corrected chi connectivity index (χ2v) is 5.69. The molecule has 0 unspecified atom stereocenters. The number of anilines is 1. The van der Waals surface area contributed by atoms with Gasteiger partial charge in [0.05, 0.1) is 18.2 Å². The van der Waals surface area contributed by atoms with Crippen molar-refractivity contribution in [1.29, 1.82) is 0 Å². The van der Waals surface area contributed by atoms with Crippen LogP contribution in [0.25, 0.3) is 0 Å². The van der Waals surface area contributed by atoms with E-state index in [1.807, 2.05) is 12.1 Å². The van der Waals surface area contributed by atoms with Crippen LogP contribution in [0.5, 0.6) is 5.75 Å². The molecule has 0 saturated carbocycles. The molecule has 7 nitrogen and oxygen atoms in total. The zero-order chi connectivity index (χ0) is 19.1. The fourth-order valence-corrected chi connectivity index (χ4v) is 2.38. The zero-order valence-corrected chi connectivity index (χ0v) is 14.7. The molecule has 0 aliphatic heterocycles. The summed E-state index contributed by atoms with van der Waals surface area (Å²) >= 11 is 0. The van der Waals surface area contributed by atoms with Crippen molar-refractivity contribution in [3.8, 4) is 5.75 Å². The van der Waals surface area contributed by atoms with E-state index in [0.29, 0.717) is 23.5 Å². The van der Waals surface area contributed by atoms with Gasteiger partial charge in [-0.3, -0.25) is 19.6 Å². The Morgan fingerprint density at radius 2 is 1.70 bits per heavy atom. The van der Waals surface area contributed by atoms with Gasteiger partial charge in [-0.15, -0.1) is 0 Å². The summed E-state index contributed by atoms with van der Waals surface area (Å²) in [6.45, 7) is 0.363. The molecule has 3 rings (SSSR count). The number of nitrogens with one attached hydrogen (secondary N) is 2. The summed E-state index contributed by atoms with van der Waals surface area (Å²) < 4.78 is 5.14. The molecule has 1 aromatic carbocycles. The molecule has 0 bridgehead atoms. The normalized spacial score (nSPS) is 10.1. The Morgan fingerprint density at radius 1 is 0.963 bits per heavy atom. The van der Waals surface area contributed by atoms with Crippen molar-refractivity contribution in [2.75, 3.05) is 12.4 Å². The standard InChI is InChI=1S/C20H18N4O3/c1-27-18-4-2-3-17(10-18)24-20(26)16-9-15(12-22-13-16)19(25)23-11-14-5-7-21-8-6-14/h2-10,12-13H,11H2,1H3,(H,23,25)(H,24,26). The lowest BCUT2D eigenvalue weighted by Gasteiger charge is -2.08. The first-order valence-corrected chi connectivity index (χ1v) is 8.23. The van der Waals surface area contributed by atoms with E-state index in [-0.39, 0.29) is 17.4 Å². The van der Waals surface area contributed by atoms with Crippen molar-refractivity contribution in [2.24, 2.45) is 0 Å². The van der Waals surface area contributed by atoms with E-state index in [2.05, 4.69) is 20.6 Å². The molecule has 3 aromatic rings. The summed E-state index contributed by atoms with van der Waals surface area (Å²) in [4.78, 5) is 32.7. The summed E-state index contributed by atoms with van der Waals surface area (Å²) in [7, 11) is 1.55. The lowest BCUT2D eigenvalue weighted by molar-refractivity contribution is 0.0950. The van der Waals surface area contributed by atoms with Gasteiger partial charge in [0, 0.05) is 43.1 Å². The van der Waals surface area contributed by atoms with Crippen LogP contribution in [0, 0.1) is 0 Å². The number of hydrogen-bond acceptors (Lipinski definition) is 5. The molecule has 0 aliphatic carbocycles. The van der Waals surface area contributed by atoms with E-state index in [4.69, 9.17) is 4.74 Å². The molecule has 2 aromatic heterocycles. The maximum Gasteiger partial charge on any atom is 0.257 e. The number of rotatable bonds is 6. The molecule has 0 aliphatic rings. The van der Waals surface area contributed by atoms with Crippen molar-refractivity contribution >= 4 is 17.5 Å². The molecule has 0 spiro atoms. The Kier molecular flexibility index (Phi) is 5.73. The topological polar surface area (TPSA) is 93.2 Å². The molecule has 0 fully saturated rings. The third-order valence-corrected chi connectivity index (χ3v) is 3.79. The Bertz CT molecular complexity index is 945. The van der Waals surface area contributed by atoms with Gasteiger partial charge in [-0.2, -0.15) is 0 Å². The predicted molar refractivity (Wildman–Crippen MR) is 101 cm³/mol. The van der Waals surface area contributed by atoms with Gasteiger partial charge in [0.25, 0.3) is 11.8 Å². The van der Waals surface area contributed by atoms with Crippen LogP contribution in [0.1, 0.15) is 26.3 Å². The number of methoxy groups -OCH3 is 1. The number of hydrogen-bond donors (Lipinski definition) is 2. The molecule has 7 heteroatoms. The van der Waals surface area contributed by atoms with Gasteiger partial charge in [0.2, 0.25) is 0 Å². The summed E-state index contributed by atoms with van der Waals surface area (Å²) in [5, 5.41) is 5.55. The number of carbonyl (C=O) groups is 2.